The van der Waals surface area contributed by atoms with Gasteiger partial charge in [0.1, 0.15) is 18.5 Å². The number of nitrogens with zero attached hydrogens (tertiary/aromatic N) is 1. The van der Waals surface area contributed by atoms with Gasteiger partial charge >= 0.3 is 0 Å². The van der Waals surface area contributed by atoms with Crippen LogP contribution in [0.15, 0.2) is 48.5 Å². The molecule has 0 bridgehead atoms. The molecule has 2 atom stereocenters. The van der Waals surface area contributed by atoms with Crippen molar-refractivity contribution >= 4 is 11.6 Å². The van der Waals surface area contributed by atoms with Crippen LogP contribution in [0.3, 0.4) is 0 Å². The predicted octanol–water partition coefficient (Wildman–Crippen LogP) is 4.69. The summed E-state index contributed by atoms with van der Waals surface area (Å²) in [5.74, 6) is 0.720. The average Bonchev–Trinajstić information content (AvgIpc) is 2.60. The van der Waals surface area contributed by atoms with Crippen LogP contribution in [0.2, 0.25) is 5.02 Å². The minimum atomic E-state index is -0.547. The maximum atomic E-state index is 10.4. The van der Waals surface area contributed by atoms with E-state index in [9.17, 15) is 5.11 Å². The number of ether oxygens (including phenoxy) is 1. The minimum absolute atomic E-state index is 0.266. The lowest BCUT2D eigenvalue weighted by molar-refractivity contribution is 0.0506. The summed E-state index contributed by atoms with van der Waals surface area (Å²) in [6, 6.07) is 16.1. The molecule has 2 aromatic carbocycles. The van der Waals surface area contributed by atoms with Crippen molar-refractivity contribution < 1.29 is 9.84 Å². The summed E-state index contributed by atoms with van der Waals surface area (Å²) >= 11 is 5.87. The van der Waals surface area contributed by atoms with Crippen LogP contribution in [0.1, 0.15) is 31.4 Å². The Morgan fingerprint density at radius 1 is 1.16 bits per heavy atom. The van der Waals surface area contributed by atoms with Gasteiger partial charge in [0, 0.05) is 24.2 Å². The summed E-state index contributed by atoms with van der Waals surface area (Å²) < 4.78 is 5.67. The monoisotopic (exact) mass is 361 g/mol. The zero-order valence-electron chi connectivity index (χ0n) is 15.3. The molecule has 4 heteroatoms. The number of aryl methyl sites for hydroxylation is 1. The molecule has 0 aliphatic carbocycles. The molecule has 0 aliphatic heterocycles. The Kier molecular flexibility index (Phi) is 7.76. The Balaban J connectivity index is 1.92. The van der Waals surface area contributed by atoms with Crippen LogP contribution in [0, 0.1) is 6.92 Å². The highest BCUT2D eigenvalue weighted by molar-refractivity contribution is 6.30. The van der Waals surface area contributed by atoms with Crippen molar-refractivity contribution in [2.24, 2.45) is 0 Å². The molecule has 0 saturated carbocycles. The Morgan fingerprint density at radius 3 is 2.52 bits per heavy atom. The maximum Gasteiger partial charge on any atom is 0.119 e. The fourth-order valence-electron chi connectivity index (χ4n) is 2.75. The Bertz CT molecular complexity index is 645. The molecule has 0 fully saturated rings. The first-order valence-corrected chi connectivity index (χ1v) is 9.21. The fourth-order valence-corrected chi connectivity index (χ4v) is 2.88. The molecule has 0 radical (unpaired) electrons. The molecule has 0 heterocycles. The molecule has 2 aromatic rings. The van der Waals surface area contributed by atoms with Gasteiger partial charge in [-0.3, -0.25) is 4.90 Å². The number of halogens is 1. The molecule has 3 nitrogen and oxygen atoms in total. The lowest BCUT2D eigenvalue weighted by Crippen LogP contribution is -2.40. The third kappa shape index (κ3) is 6.69. The van der Waals surface area contributed by atoms with Gasteiger partial charge in [-0.25, -0.2) is 0 Å². The van der Waals surface area contributed by atoms with Crippen molar-refractivity contribution in [3.05, 3.63) is 64.7 Å². The molecule has 0 unspecified atom stereocenters. The highest BCUT2D eigenvalue weighted by Crippen LogP contribution is 2.17. The Hall–Kier alpha value is -1.55. The summed E-state index contributed by atoms with van der Waals surface area (Å²) in [7, 11) is 0. The molecule has 0 spiro atoms. The summed E-state index contributed by atoms with van der Waals surface area (Å²) in [4.78, 5) is 2.31. The van der Waals surface area contributed by atoms with Gasteiger partial charge in [0.2, 0.25) is 0 Å². The number of benzene rings is 2. The molecular formula is C21H28ClNO2. The number of aliphatic hydroxyl groups is 1. The predicted molar refractivity (Wildman–Crippen MR) is 104 cm³/mol. The van der Waals surface area contributed by atoms with E-state index in [1.54, 1.807) is 12.1 Å². The van der Waals surface area contributed by atoms with Gasteiger partial charge in [-0.2, -0.15) is 0 Å². The molecule has 0 aliphatic rings. The standard InChI is InChI=1S/C21H28ClNO2/c1-4-17(3)23(13-18-7-5-6-16(2)12-18)14-20(24)15-25-21-10-8-19(22)9-11-21/h5-12,17,20,24H,4,13-15H2,1-3H3/t17-,20-/m0/s1. The van der Waals surface area contributed by atoms with Gasteiger partial charge in [-0.05, 0) is 50.1 Å². The van der Waals surface area contributed by atoms with E-state index < -0.39 is 6.10 Å². The third-order valence-electron chi connectivity index (χ3n) is 4.38. The van der Waals surface area contributed by atoms with Crippen molar-refractivity contribution in [3.8, 4) is 5.75 Å². The van der Waals surface area contributed by atoms with Gasteiger partial charge in [-0.1, -0.05) is 48.4 Å². The molecule has 2 rings (SSSR count). The Morgan fingerprint density at radius 2 is 1.88 bits per heavy atom. The van der Waals surface area contributed by atoms with Crippen LogP contribution in [0.4, 0.5) is 0 Å². The minimum Gasteiger partial charge on any atom is -0.491 e. The SMILES string of the molecule is CC[C@H](C)N(Cc1cccc(C)c1)C[C@H](O)COc1ccc(Cl)cc1. The van der Waals surface area contributed by atoms with Crippen molar-refractivity contribution in [3.63, 3.8) is 0 Å². The summed E-state index contributed by atoms with van der Waals surface area (Å²) in [6.07, 6.45) is 0.491. The van der Waals surface area contributed by atoms with E-state index in [1.807, 2.05) is 12.1 Å². The first-order valence-electron chi connectivity index (χ1n) is 8.84. The van der Waals surface area contributed by atoms with Crippen molar-refractivity contribution in [2.75, 3.05) is 13.2 Å². The first-order chi connectivity index (χ1) is 12.0. The van der Waals surface area contributed by atoms with E-state index in [2.05, 4.69) is 49.9 Å². The summed E-state index contributed by atoms with van der Waals surface area (Å²) in [5.41, 5.74) is 2.53. The second kappa shape index (κ2) is 9.81. The molecule has 136 valence electrons. The summed E-state index contributed by atoms with van der Waals surface area (Å²) in [6.45, 7) is 8.15. The zero-order chi connectivity index (χ0) is 18.2. The maximum absolute atomic E-state index is 10.4. The fraction of sp³-hybridized carbons (Fsp3) is 0.429. The van der Waals surface area contributed by atoms with Crippen LogP contribution in [-0.2, 0) is 6.54 Å². The van der Waals surface area contributed by atoms with E-state index >= 15 is 0 Å². The van der Waals surface area contributed by atoms with Gasteiger partial charge in [0.25, 0.3) is 0 Å². The highest BCUT2D eigenvalue weighted by Gasteiger charge is 2.17. The molecule has 25 heavy (non-hydrogen) atoms. The van der Waals surface area contributed by atoms with Gasteiger partial charge in [0.05, 0.1) is 0 Å². The van der Waals surface area contributed by atoms with Crippen LogP contribution >= 0.6 is 11.6 Å². The van der Waals surface area contributed by atoms with Gasteiger partial charge < -0.3 is 9.84 Å². The highest BCUT2D eigenvalue weighted by atomic mass is 35.5. The topological polar surface area (TPSA) is 32.7 Å². The first kappa shape index (κ1) is 19.8. The normalized spacial score (nSPS) is 13.7. The number of hydrogen-bond acceptors (Lipinski definition) is 3. The smallest absolute Gasteiger partial charge is 0.119 e. The molecule has 0 saturated heterocycles. The number of hydrogen-bond donors (Lipinski definition) is 1. The molecule has 1 N–H and O–H groups in total. The van der Waals surface area contributed by atoms with E-state index in [4.69, 9.17) is 16.3 Å². The van der Waals surface area contributed by atoms with Crippen molar-refractivity contribution in [2.45, 2.75) is 45.9 Å². The van der Waals surface area contributed by atoms with E-state index in [1.165, 1.54) is 11.1 Å². The largest absolute Gasteiger partial charge is 0.491 e. The van der Waals surface area contributed by atoms with Crippen molar-refractivity contribution in [1.82, 2.24) is 4.90 Å². The van der Waals surface area contributed by atoms with Crippen LogP contribution in [0.25, 0.3) is 0 Å². The van der Waals surface area contributed by atoms with Crippen LogP contribution < -0.4 is 4.74 Å². The second-order valence-electron chi connectivity index (χ2n) is 6.59. The average molecular weight is 362 g/mol. The number of rotatable bonds is 9. The van der Waals surface area contributed by atoms with E-state index in [-0.39, 0.29) is 6.61 Å². The number of aliphatic hydroxyl groups excluding tert-OH is 1. The molecule has 0 amide bonds. The van der Waals surface area contributed by atoms with Crippen molar-refractivity contribution in [1.29, 1.82) is 0 Å². The van der Waals surface area contributed by atoms with Gasteiger partial charge in [0.15, 0.2) is 0 Å². The second-order valence-corrected chi connectivity index (χ2v) is 7.03. The lowest BCUT2D eigenvalue weighted by atomic mass is 10.1. The van der Waals surface area contributed by atoms with E-state index in [0.717, 1.165) is 18.7 Å². The van der Waals surface area contributed by atoms with Crippen LogP contribution in [0.5, 0.6) is 5.75 Å². The van der Waals surface area contributed by atoms with Gasteiger partial charge in [-0.15, -0.1) is 0 Å². The third-order valence-corrected chi connectivity index (χ3v) is 4.64. The molecule has 0 aromatic heterocycles. The zero-order valence-corrected chi connectivity index (χ0v) is 16.0. The lowest BCUT2D eigenvalue weighted by Gasteiger charge is -2.30. The molecular weight excluding hydrogens is 334 g/mol. The Labute approximate surface area is 156 Å². The van der Waals surface area contributed by atoms with E-state index in [0.29, 0.717) is 17.6 Å². The van der Waals surface area contributed by atoms with Crippen LogP contribution in [-0.4, -0.2) is 35.3 Å². The quantitative estimate of drug-likeness (QED) is 0.703. The summed E-state index contributed by atoms with van der Waals surface area (Å²) in [5, 5.41) is 11.1.